The van der Waals surface area contributed by atoms with Gasteiger partial charge >= 0.3 is 0 Å². The summed E-state index contributed by atoms with van der Waals surface area (Å²) >= 11 is 0. The standard InChI is InChI=1S/C32H36N4O2/c1-5-35(6-2)23-13-9-21(10-14-23)25-17-19-27(33-25)29-31(37)30(32(29)38)28-20-18-26(34-28)22-11-15-24(16-12-22)36(7-3)8-4/h9-20,27,29,34,37H,5-8H2,1-4H3. The maximum Gasteiger partial charge on any atom is 0.181 e. The number of ketones is 1. The van der Waals surface area contributed by atoms with Crippen LogP contribution in [0.3, 0.4) is 0 Å². The molecule has 1 aromatic heterocycles. The van der Waals surface area contributed by atoms with E-state index in [2.05, 4.69) is 91.0 Å². The molecule has 2 N–H and O–H groups in total. The summed E-state index contributed by atoms with van der Waals surface area (Å²) in [5.41, 5.74) is 7.18. The van der Waals surface area contributed by atoms with Gasteiger partial charge in [0.25, 0.3) is 0 Å². The van der Waals surface area contributed by atoms with E-state index in [1.165, 1.54) is 11.4 Å². The molecule has 0 bridgehead atoms. The van der Waals surface area contributed by atoms with Crippen LogP contribution in [0.4, 0.5) is 11.4 Å². The van der Waals surface area contributed by atoms with Gasteiger partial charge in [0.1, 0.15) is 11.7 Å². The van der Waals surface area contributed by atoms with E-state index in [0.29, 0.717) is 11.3 Å². The van der Waals surface area contributed by atoms with Crippen LogP contribution < -0.4 is 9.80 Å². The van der Waals surface area contributed by atoms with Crippen LogP contribution in [0.15, 0.2) is 83.6 Å². The topological polar surface area (TPSA) is 71.9 Å². The fourth-order valence-corrected chi connectivity index (χ4v) is 5.45. The number of nitrogens with one attached hydrogen (secondary N) is 1. The van der Waals surface area contributed by atoms with E-state index in [4.69, 9.17) is 4.99 Å². The van der Waals surface area contributed by atoms with Gasteiger partial charge in [-0.2, -0.15) is 0 Å². The molecule has 0 radical (unpaired) electrons. The molecular formula is C32H36N4O2. The molecular weight excluding hydrogens is 472 g/mol. The monoisotopic (exact) mass is 508 g/mol. The third kappa shape index (κ3) is 4.55. The summed E-state index contributed by atoms with van der Waals surface area (Å²) < 4.78 is 0. The zero-order chi connectivity index (χ0) is 26.8. The Labute approximate surface area is 225 Å². The lowest BCUT2D eigenvalue weighted by Crippen LogP contribution is -2.37. The van der Waals surface area contributed by atoms with Gasteiger partial charge in [0, 0.05) is 43.2 Å². The lowest BCUT2D eigenvalue weighted by Gasteiger charge is -2.29. The van der Waals surface area contributed by atoms with Gasteiger partial charge in [0.2, 0.25) is 0 Å². The van der Waals surface area contributed by atoms with E-state index in [0.717, 1.165) is 48.7 Å². The number of rotatable bonds is 10. The first-order valence-corrected chi connectivity index (χ1v) is 13.6. The largest absolute Gasteiger partial charge is 0.511 e. The van der Waals surface area contributed by atoms with Crippen LogP contribution in [-0.2, 0) is 4.79 Å². The number of benzene rings is 2. The second-order valence-electron chi connectivity index (χ2n) is 9.69. The Morgan fingerprint density at radius 1 is 0.763 bits per heavy atom. The van der Waals surface area contributed by atoms with Crippen molar-refractivity contribution in [2.75, 3.05) is 36.0 Å². The van der Waals surface area contributed by atoms with Crippen LogP contribution in [0.2, 0.25) is 0 Å². The van der Waals surface area contributed by atoms with Gasteiger partial charge in [0.15, 0.2) is 5.78 Å². The van der Waals surface area contributed by atoms with Crippen molar-refractivity contribution in [1.82, 2.24) is 4.98 Å². The summed E-state index contributed by atoms with van der Waals surface area (Å²) in [5, 5.41) is 10.9. The molecule has 2 aromatic carbocycles. The molecule has 6 heteroatoms. The molecule has 1 aliphatic heterocycles. The SMILES string of the molecule is CCN(CC)c1ccc(C2=NC(C3C(=O)C(c4ccc(-c5ccc(N(CC)CC)cc5)[nH]4)=C3O)C=C2)cc1. The van der Waals surface area contributed by atoms with Crippen LogP contribution in [-0.4, -0.2) is 53.8 Å². The fourth-order valence-electron chi connectivity index (χ4n) is 5.45. The summed E-state index contributed by atoms with van der Waals surface area (Å²) in [7, 11) is 0. The number of allylic oxidation sites excluding steroid dienone is 2. The molecule has 0 saturated carbocycles. The molecule has 38 heavy (non-hydrogen) atoms. The molecule has 0 fully saturated rings. The number of H-pyrrole nitrogens is 1. The molecule has 2 unspecified atom stereocenters. The molecule has 1 aliphatic carbocycles. The second kappa shape index (κ2) is 10.7. The first-order chi connectivity index (χ1) is 18.5. The molecule has 2 atom stereocenters. The molecule has 5 rings (SSSR count). The van der Waals surface area contributed by atoms with Gasteiger partial charge in [-0.15, -0.1) is 0 Å². The molecule has 0 saturated heterocycles. The zero-order valence-electron chi connectivity index (χ0n) is 22.6. The average Bonchev–Trinajstić information content (AvgIpc) is 3.62. The quantitative estimate of drug-likeness (QED) is 0.339. The predicted octanol–water partition coefficient (Wildman–Crippen LogP) is 6.27. The zero-order valence-corrected chi connectivity index (χ0v) is 22.6. The molecule has 6 nitrogen and oxygen atoms in total. The van der Waals surface area contributed by atoms with Gasteiger partial charge in [-0.3, -0.25) is 9.79 Å². The van der Waals surface area contributed by atoms with Gasteiger partial charge in [-0.25, -0.2) is 0 Å². The van der Waals surface area contributed by atoms with E-state index < -0.39 is 5.92 Å². The summed E-state index contributed by atoms with van der Waals surface area (Å²) in [4.78, 5) is 25.9. The maximum absolute atomic E-state index is 13.2. The van der Waals surface area contributed by atoms with E-state index >= 15 is 0 Å². The minimum absolute atomic E-state index is 0.0793. The molecule has 2 heterocycles. The van der Waals surface area contributed by atoms with E-state index in [1.807, 2.05) is 24.3 Å². The van der Waals surface area contributed by atoms with Crippen LogP contribution >= 0.6 is 0 Å². The van der Waals surface area contributed by atoms with E-state index in [9.17, 15) is 9.90 Å². The van der Waals surface area contributed by atoms with Gasteiger partial charge in [-0.05, 0) is 81.3 Å². The number of hydrogen-bond acceptors (Lipinski definition) is 5. The summed E-state index contributed by atoms with van der Waals surface area (Å²) in [6.07, 6.45) is 3.87. The summed E-state index contributed by atoms with van der Waals surface area (Å²) in [6, 6.07) is 20.2. The average molecular weight is 509 g/mol. The highest BCUT2D eigenvalue weighted by atomic mass is 16.3. The van der Waals surface area contributed by atoms with Crippen LogP contribution in [0.25, 0.3) is 16.8 Å². The smallest absolute Gasteiger partial charge is 0.181 e. The minimum atomic E-state index is -0.631. The number of Topliss-reactive ketones (excluding diaryl/α,β-unsaturated/α-hetero) is 1. The number of aliphatic hydroxyl groups excluding tert-OH is 1. The highest BCUT2D eigenvalue weighted by Gasteiger charge is 2.45. The first-order valence-electron chi connectivity index (χ1n) is 13.6. The number of carbonyl (C=O) groups excluding carboxylic acids is 1. The lowest BCUT2D eigenvalue weighted by molar-refractivity contribution is -0.119. The number of aromatic amines is 1. The molecule has 2 aliphatic rings. The predicted molar refractivity (Wildman–Crippen MR) is 157 cm³/mol. The minimum Gasteiger partial charge on any atom is -0.511 e. The van der Waals surface area contributed by atoms with Crippen LogP contribution in [0, 0.1) is 5.92 Å². The lowest BCUT2D eigenvalue weighted by atomic mass is 9.76. The number of aliphatic imine (C=N–C) groups is 1. The molecule has 3 aromatic rings. The van der Waals surface area contributed by atoms with E-state index in [-0.39, 0.29) is 17.6 Å². The Morgan fingerprint density at radius 2 is 1.29 bits per heavy atom. The number of aliphatic hydroxyl groups is 1. The summed E-state index contributed by atoms with van der Waals surface area (Å²) in [6.45, 7) is 12.4. The Balaban J connectivity index is 1.30. The first kappa shape index (κ1) is 25.6. The van der Waals surface area contributed by atoms with Crippen molar-refractivity contribution in [2.45, 2.75) is 33.7 Å². The Hall–Kier alpha value is -4.06. The second-order valence-corrected chi connectivity index (χ2v) is 9.69. The van der Waals surface area contributed by atoms with Crippen LogP contribution in [0.1, 0.15) is 39.0 Å². The normalized spacial score (nSPS) is 18.5. The number of aromatic nitrogens is 1. The number of anilines is 2. The summed E-state index contributed by atoms with van der Waals surface area (Å²) in [5.74, 6) is -0.602. The number of carbonyl (C=O) groups is 1. The van der Waals surface area contributed by atoms with Crippen molar-refractivity contribution in [2.24, 2.45) is 10.9 Å². The Bertz CT molecular complexity index is 1390. The molecule has 0 spiro atoms. The van der Waals surface area contributed by atoms with E-state index in [1.54, 1.807) is 0 Å². The fraction of sp³-hybridized carbons (Fsp3) is 0.312. The van der Waals surface area contributed by atoms with Crippen molar-refractivity contribution in [1.29, 1.82) is 0 Å². The van der Waals surface area contributed by atoms with Gasteiger partial charge in [0.05, 0.1) is 23.0 Å². The number of hydrogen-bond donors (Lipinski definition) is 2. The van der Waals surface area contributed by atoms with Crippen molar-refractivity contribution in [3.05, 3.63) is 89.8 Å². The third-order valence-corrected chi connectivity index (χ3v) is 7.71. The van der Waals surface area contributed by atoms with Crippen LogP contribution in [0.5, 0.6) is 0 Å². The maximum atomic E-state index is 13.2. The Kier molecular flexibility index (Phi) is 7.23. The molecule has 196 valence electrons. The number of nitrogens with zero attached hydrogens (tertiary/aromatic N) is 3. The van der Waals surface area contributed by atoms with Crippen molar-refractivity contribution in [3.63, 3.8) is 0 Å². The van der Waals surface area contributed by atoms with Gasteiger partial charge < -0.3 is 19.9 Å². The highest BCUT2D eigenvalue weighted by Crippen LogP contribution is 2.41. The Morgan fingerprint density at radius 3 is 1.82 bits per heavy atom. The van der Waals surface area contributed by atoms with Gasteiger partial charge in [-0.1, -0.05) is 30.3 Å². The van der Waals surface area contributed by atoms with Crippen molar-refractivity contribution >= 4 is 28.4 Å². The van der Waals surface area contributed by atoms with Crippen molar-refractivity contribution < 1.29 is 9.90 Å². The van der Waals surface area contributed by atoms with Crippen molar-refractivity contribution in [3.8, 4) is 11.3 Å². The third-order valence-electron chi connectivity index (χ3n) is 7.71. The molecule has 0 amide bonds. The highest BCUT2D eigenvalue weighted by molar-refractivity contribution is 6.30.